The van der Waals surface area contributed by atoms with Gasteiger partial charge in [-0.15, -0.1) is 0 Å². The fraction of sp³-hybridized carbons (Fsp3) is 0.647. The van der Waals surface area contributed by atoms with E-state index in [-0.39, 0.29) is 5.82 Å². The number of rotatable bonds is 6. The van der Waals surface area contributed by atoms with Crippen molar-refractivity contribution < 1.29 is 9.13 Å². The molecule has 4 heteroatoms. The van der Waals surface area contributed by atoms with Gasteiger partial charge in [0.05, 0.1) is 7.11 Å². The third kappa shape index (κ3) is 4.17. The van der Waals surface area contributed by atoms with Gasteiger partial charge in [0.25, 0.3) is 0 Å². The van der Waals surface area contributed by atoms with E-state index in [4.69, 9.17) is 4.74 Å². The first kappa shape index (κ1) is 16.2. The summed E-state index contributed by atoms with van der Waals surface area (Å²) >= 11 is 0. The average Bonchev–Trinajstić information content (AvgIpc) is 2.50. The minimum atomic E-state index is -0.170. The largest absolute Gasteiger partial charge is 0.497 e. The van der Waals surface area contributed by atoms with Crippen LogP contribution in [0.5, 0.6) is 5.75 Å². The second kappa shape index (κ2) is 7.76. The number of hydrogen-bond donors (Lipinski definition) is 1. The van der Waals surface area contributed by atoms with E-state index in [2.05, 4.69) is 24.1 Å². The fourth-order valence-electron chi connectivity index (χ4n) is 3.22. The Labute approximate surface area is 127 Å². The Bertz CT molecular complexity index is 452. The number of halogens is 1. The van der Waals surface area contributed by atoms with Gasteiger partial charge in [-0.3, -0.25) is 4.90 Å². The van der Waals surface area contributed by atoms with Crippen LogP contribution in [-0.4, -0.2) is 37.7 Å². The molecular weight excluding hydrogens is 267 g/mol. The molecule has 21 heavy (non-hydrogen) atoms. The summed E-state index contributed by atoms with van der Waals surface area (Å²) < 4.78 is 19.1. The van der Waals surface area contributed by atoms with E-state index in [0.717, 1.165) is 31.6 Å². The molecule has 2 unspecified atom stereocenters. The molecule has 1 fully saturated rings. The molecule has 1 aliphatic heterocycles. The van der Waals surface area contributed by atoms with Crippen LogP contribution < -0.4 is 10.1 Å². The van der Waals surface area contributed by atoms with Crippen molar-refractivity contribution in [2.24, 2.45) is 5.92 Å². The predicted octanol–water partition coefficient (Wildman–Crippen LogP) is 3.04. The van der Waals surface area contributed by atoms with E-state index in [0.29, 0.717) is 24.3 Å². The molecule has 0 aliphatic carbocycles. The maximum absolute atomic E-state index is 14.0. The lowest BCUT2D eigenvalue weighted by molar-refractivity contribution is 0.128. The molecule has 0 amide bonds. The van der Waals surface area contributed by atoms with Crippen LogP contribution in [0.2, 0.25) is 0 Å². The topological polar surface area (TPSA) is 24.5 Å². The first-order chi connectivity index (χ1) is 10.2. The molecule has 1 heterocycles. The number of hydrogen-bond acceptors (Lipinski definition) is 3. The van der Waals surface area contributed by atoms with Crippen molar-refractivity contribution in [3.05, 3.63) is 29.6 Å². The Morgan fingerprint density at radius 2 is 2.19 bits per heavy atom. The number of piperidine rings is 1. The van der Waals surface area contributed by atoms with Crippen LogP contribution in [0.3, 0.4) is 0 Å². The first-order valence-corrected chi connectivity index (χ1v) is 7.96. The number of methoxy groups -OCH3 is 1. The minimum absolute atomic E-state index is 0.170. The summed E-state index contributed by atoms with van der Waals surface area (Å²) in [6.45, 7) is 8.18. The fourth-order valence-corrected chi connectivity index (χ4v) is 3.22. The average molecular weight is 294 g/mol. The molecule has 0 saturated carbocycles. The van der Waals surface area contributed by atoms with Crippen molar-refractivity contribution in [3.8, 4) is 5.75 Å². The molecule has 0 radical (unpaired) electrons. The molecule has 118 valence electrons. The van der Waals surface area contributed by atoms with Crippen LogP contribution in [0.15, 0.2) is 18.2 Å². The van der Waals surface area contributed by atoms with Crippen molar-refractivity contribution in [1.82, 2.24) is 10.2 Å². The second-order valence-corrected chi connectivity index (χ2v) is 5.81. The van der Waals surface area contributed by atoms with Gasteiger partial charge in [-0.05, 0) is 31.5 Å². The smallest absolute Gasteiger partial charge is 0.131 e. The van der Waals surface area contributed by atoms with Crippen molar-refractivity contribution >= 4 is 0 Å². The molecule has 1 aromatic carbocycles. The highest BCUT2D eigenvalue weighted by atomic mass is 19.1. The Kier molecular flexibility index (Phi) is 6.00. The van der Waals surface area contributed by atoms with Gasteiger partial charge in [-0.1, -0.05) is 26.3 Å². The van der Waals surface area contributed by atoms with Crippen LogP contribution in [0.4, 0.5) is 4.39 Å². The van der Waals surface area contributed by atoms with Crippen LogP contribution in [0, 0.1) is 11.7 Å². The Morgan fingerprint density at radius 1 is 1.38 bits per heavy atom. The van der Waals surface area contributed by atoms with Gasteiger partial charge in [0, 0.05) is 30.8 Å². The quantitative estimate of drug-likeness (QED) is 0.873. The van der Waals surface area contributed by atoms with Gasteiger partial charge in [0.2, 0.25) is 0 Å². The van der Waals surface area contributed by atoms with Crippen molar-refractivity contribution in [3.63, 3.8) is 0 Å². The lowest BCUT2D eigenvalue weighted by Crippen LogP contribution is -2.48. The summed E-state index contributed by atoms with van der Waals surface area (Å²) in [6, 6.07) is 5.75. The SMILES string of the molecule is CCNC1CCN(Cc2ccc(OC)cc2F)CC1CC. The summed E-state index contributed by atoms with van der Waals surface area (Å²) in [5.74, 6) is 1.06. The first-order valence-electron chi connectivity index (χ1n) is 7.96. The van der Waals surface area contributed by atoms with Crippen molar-refractivity contribution in [2.45, 2.75) is 39.3 Å². The van der Waals surface area contributed by atoms with Gasteiger partial charge in [0.1, 0.15) is 11.6 Å². The molecule has 0 spiro atoms. The molecule has 1 N–H and O–H groups in total. The molecule has 1 saturated heterocycles. The zero-order valence-electron chi connectivity index (χ0n) is 13.4. The Balaban J connectivity index is 1.97. The monoisotopic (exact) mass is 294 g/mol. The molecule has 0 bridgehead atoms. The van der Waals surface area contributed by atoms with Gasteiger partial charge in [-0.2, -0.15) is 0 Å². The minimum Gasteiger partial charge on any atom is -0.497 e. The van der Waals surface area contributed by atoms with Crippen LogP contribution in [0.1, 0.15) is 32.3 Å². The van der Waals surface area contributed by atoms with Gasteiger partial charge < -0.3 is 10.1 Å². The van der Waals surface area contributed by atoms with Crippen LogP contribution in [0.25, 0.3) is 0 Å². The lowest BCUT2D eigenvalue weighted by Gasteiger charge is -2.38. The van der Waals surface area contributed by atoms with Crippen molar-refractivity contribution in [1.29, 1.82) is 0 Å². The van der Waals surface area contributed by atoms with E-state index >= 15 is 0 Å². The molecule has 1 aliphatic rings. The predicted molar refractivity (Wildman–Crippen MR) is 84.1 cm³/mol. The van der Waals surface area contributed by atoms with E-state index < -0.39 is 0 Å². The zero-order valence-corrected chi connectivity index (χ0v) is 13.4. The number of nitrogens with zero attached hydrogens (tertiary/aromatic N) is 1. The number of benzene rings is 1. The Morgan fingerprint density at radius 3 is 2.81 bits per heavy atom. The summed E-state index contributed by atoms with van der Waals surface area (Å²) in [5, 5.41) is 3.58. The summed E-state index contributed by atoms with van der Waals surface area (Å²) in [6.07, 6.45) is 2.31. The number of nitrogens with one attached hydrogen (secondary N) is 1. The highest BCUT2D eigenvalue weighted by molar-refractivity contribution is 5.28. The molecule has 0 aromatic heterocycles. The molecule has 3 nitrogen and oxygen atoms in total. The Hall–Kier alpha value is -1.13. The lowest BCUT2D eigenvalue weighted by atomic mass is 9.89. The van der Waals surface area contributed by atoms with Crippen molar-refractivity contribution in [2.75, 3.05) is 26.7 Å². The summed E-state index contributed by atoms with van der Waals surface area (Å²) in [4.78, 5) is 2.37. The van der Waals surface area contributed by atoms with Crippen LogP contribution >= 0.6 is 0 Å². The van der Waals surface area contributed by atoms with E-state index in [1.165, 1.54) is 12.5 Å². The number of likely N-dealkylation sites (tertiary alicyclic amines) is 1. The zero-order chi connectivity index (χ0) is 15.2. The molecule has 1 aromatic rings. The third-order valence-corrected chi connectivity index (χ3v) is 4.46. The molecule has 2 atom stereocenters. The highest BCUT2D eigenvalue weighted by Crippen LogP contribution is 2.23. The normalized spacial score (nSPS) is 23.2. The maximum Gasteiger partial charge on any atom is 0.131 e. The molecule has 2 rings (SSSR count). The van der Waals surface area contributed by atoms with E-state index in [1.54, 1.807) is 7.11 Å². The van der Waals surface area contributed by atoms with Crippen LogP contribution in [-0.2, 0) is 6.54 Å². The second-order valence-electron chi connectivity index (χ2n) is 5.81. The van der Waals surface area contributed by atoms with E-state index in [9.17, 15) is 4.39 Å². The third-order valence-electron chi connectivity index (χ3n) is 4.46. The van der Waals surface area contributed by atoms with Gasteiger partial charge >= 0.3 is 0 Å². The summed E-state index contributed by atoms with van der Waals surface area (Å²) in [5.41, 5.74) is 0.757. The van der Waals surface area contributed by atoms with Gasteiger partial charge in [-0.25, -0.2) is 4.39 Å². The maximum atomic E-state index is 14.0. The van der Waals surface area contributed by atoms with Gasteiger partial charge in [0.15, 0.2) is 0 Å². The molecular formula is C17H27FN2O. The van der Waals surface area contributed by atoms with E-state index in [1.807, 2.05) is 12.1 Å². The standard InChI is InChI=1S/C17H27FN2O/c1-4-13-11-20(9-8-17(13)19-5-2)12-14-6-7-15(21-3)10-16(14)18/h6-7,10,13,17,19H,4-5,8-9,11-12H2,1-3H3. The highest BCUT2D eigenvalue weighted by Gasteiger charge is 2.27. The summed E-state index contributed by atoms with van der Waals surface area (Å²) in [7, 11) is 1.56. The number of ether oxygens (including phenoxy) is 1.